The highest BCUT2D eigenvalue weighted by molar-refractivity contribution is 6.30. The first-order valence-electron chi connectivity index (χ1n) is 11.6. The predicted molar refractivity (Wildman–Crippen MR) is 136 cm³/mol. The Bertz CT molecular complexity index is 1150. The minimum absolute atomic E-state index is 0.253. The molecule has 0 bridgehead atoms. The fraction of sp³-hybridized carbons (Fsp3) is 0.346. The average Bonchev–Trinajstić information content (AvgIpc) is 2.80. The number of carbonyl (C=O) groups is 3. The van der Waals surface area contributed by atoms with Gasteiger partial charge in [0.25, 0.3) is 0 Å². The van der Waals surface area contributed by atoms with E-state index in [0.29, 0.717) is 40.5 Å². The van der Waals surface area contributed by atoms with Crippen LogP contribution in [0.1, 0.15) is 38.8 Å². The summed E-state index contributed by atoms with van der Waals surface area (Å²) in [4.78, 5) is 41.6. The number of benzene rings is 2. The Hall–Kier alpha value is -3.59. The maximum Gasteiger partial charge on any atom is 0.338 e. The molecule has 1 atom stereocenters. The number of rotatable bonds is 8. The highest BCUT2D eigenvalue weighted by atomic mass is 35.5. The maximum absolute atomic E-state index is 13.1. The highest BCUT2D eigenvalue weighted by Gasteiger charge is 2.38. The van der Waals surface area contributed by atoms with Gasteiger partial charge in [0, 0.05) is 36.5 Å². The number of carbonyl (C=O) groups excluding carboxylic acids is 3. The Morgan fingerprint density at radius 1 is 1.22 bits per heavy atom. The topological polar surface area (TPSA) is 91.0 Å². The number of urea groups is 2. The van der Waals surface area contributed by atoms with Gasteiger partial charge in [-0.2, -0.15) is 0 Å². The molecule has 192 valence electrons. The molecule has 2 aromatic carbocycles. The quantitative estimate of drug-likeness (QED) is 0.464. The summed E-state index contributed by atoms with van der Waals surface area (Å²) >= 11 is 6.23. The van der Waals surface area contributed by atoms with Crippen LogP contribution in [0.5, 0.6) is 0 Å². The number of anilines is 1. The Balaban J connectivity index is 1.76. The highest BCUT2D eigenvalue weighted by Crippen LogP contribution is 2.35. The first-order valence-corrected chi connectivity index (χ1v) is 12.0. The van der Waals surface area contributed by atoms with Gasteiger partial charge in [-0.05, 0) is 69.2 Å². The van der Waals surface area contributed by atoms with Gasteiger partial charge in [0.15, 0.2) is 0 Å². The monoisotopic (exact) mass is 516 g/mol. The molecule has 0 radical (unpaired) electrons. The lowest BCUT2D eigenvalue weighted by atomic mass is 9.93. The van der Waals surface area contributed by atoms with Crippen molar-refractivity contribution < 1.29 is 23.5 Å². The number of halogens is 2. The molecule has 0 aliphatic carbocycles. The molecule has 2 aromatic rings. The third kappa shape index (κ3) is 6.75. The Kier molecular flexibility index (Phi) is 8.93. The lowest BCUT2D eigenvalue weighted by Crippen LogP contribution is -2.49. The summed E-state index contributed by atoms with van der Waals surface area (Å²) in [6, 6.07) is 11.0. The Labute approximate surface area is 215 Å². The largest absolute Gasteiger partial charge is 0.459 e. The van der Waals surface area contributed by atoms with Crippen LogP contribution in [-0.4, -0.2) is 54.1 Å². The summed E-state index contributed by atoms with van der Waals surface area (Å²) in [6.45, 7) is 5.76. The van der Waals surface area contributed by atoms with Crippen LogP contribution in [0, 0.1) is 5.82 Å². The molecule has 0 spiro atoms. The van der Waals surface area contributed by atoms with E-state index >= 15 is 0 Å². The molecule has 0 fully saturated rings. The number of amides is 4. The van der Waals surface area contributed by atoms with Crippen molar-refractivity contribution >= 4 is 35.3 Å². The number of nitrogens with one attached hydrogen (secondary N) is 2. The fourth-order valence-electron chi connectivity index (χ4n) is 3.91. The number of ether oxygens (including phenoxy) is 1. The molecule has 0 saturated heterocycles. The van der Waals surface area contributed by atoms with Crippen LogP contribution < -0.4 is 10.6 Å². The molecule has 1 unspecified atom stereocenters. The van der Waals surface area contributed by atoms with Crippen LogP contribution in [-0.2, 0) is 9.53 Å². The molecule has 1 aliphatic rings. The van der Waals surface area contributed by atoms with E-state index in [-0.39, 0.29) is 24.7 Å². The van der Waals surface area contributed by atoms with Crippen LogP contribution >= 0.6 is 11.6 Å². The fourth-order valence-corrected chi connectivity index (χ4v) is 4.10. The van der Waals surface area contributed by atoms with E-state index in [1.807, 2.05) is 0 Å². The van der Waals surface area contributed by atoms with Crippen molar-refractivity contribution in [2.24, 2.45) is 0 Å². The molecule has 3 rings (SSSR count). The van der Waals surface area contributed by atoms with Crippen LogP contribution in [0.4, 0.5) is 19.7 Å². The van der Waals surface area contributed by atoms with Gasteiger partial charge in [-0.15, -0.1) is 0 Å². The van der Waals surface area contributed by atoms with Crippen molar-refractivity contribution in [1.82, 2.24) is 15.1 Å². The number of nitrogens with zero attached hydrogens (tertiary/aromatic N) is 2. The van der Waals surface area contributed by atoms with Crippen molar-refractivity contribution in [2.45, 2.75) is 39.3 Å². The second-order valence-electron chi connectivity index (χ2n) is 8.79. The molecular weight excluding hydrogens is 487 g/mol. The first-order chi connectivity index (χ1) is 17.1. The van der Waals surface area contributed by atoms with E-state index < -0.39 is 17.8 Å². The Morgan fingerprint density at radius 2 is 1.92 bits per heavy atom. The normalized spacial score (nSPS) is 15.6. The van der Waals surface area contributed by atoms with E-state index in [4.69, 9.17) is 16.3 Å². The van der Waals surface area contributed by atoms with Crippen LogP contribution in [0.15, 0.2) is 59.8 Å². The van der Waals surface area contributed by atoms with Crippen molar-refractivity contribution in [3.8, 4) is 0 Å². The second-order valence-corrected chi connectivity index (χ2v) is 9.22. The summed E-state index contributed by atoms with van der Waals surface area (Å²) in [5.74, 6) is -0.912. The molecule has 36 heavy (non-hydrogen) atoms. The van der Waals surface area contributed by atoms with E-state index in [9.17, 15) is 18.8 Å². The minimum atomic E-state index is -0.706. The van der Waals surface area contributed by atoms with Gasteiger partial charge in [0.05, 0.1) is 17.7 Å². The SMILES string of the molecule is CC1=C(C(=O)OC(C)C)C(c2cccc(Cl)c2)N(CCCN(C)C(=O)Nc2ccc(F)cc2)C(=O)N1. The smallest absolute Gasteiger partial charge is 0.338 e. The molecule has 8 nitrogen and oxygen atoms in total. The lowest BCUT2D eigenvalue weighted by Gasteiger charge is -2.38. The molecule has 0 saturated carbocycles. The predicted octanol–water partition coefficient (Wildman–Crippen LogP) is 5.33. The average molecular weight is 517 g/mol. The van der Waals surface area contributed by atoms with Crippen LogP contribution in [0.2, 0.25) is 5.02 Å². The number of esters is 1. The van der Waals surface area contributed by atoms with Gasteiger partial charge in [-0.1, -0.05) is 23.7 Å². The van der Waals surface area contributed by atoms with E-state index in [2.05, 4.69) is 10.6 Å². The summed E-state index contributed by atoms with van der Waals surface area (Å²) < 4.78 is 18.6. The lowest BCUT2D eigenvalue weighted by molar-refractivity contribution is -0.143. The molecule has 1 aliphatic heterocycles. The van der Waals surface area contributed by atoms with E-state index in [1.165, 1.54) is 29.2 Å². The van der Waals surface area contributed by atoms with Crippen LogP contribution in [0.25, 0.3) is 0 Å². The van der Waals surface area contributed by atoms with Gasteiger partial charge in [-0.3, -0.25) is 0 Å². The summed E-state index contributed by atoms with van der Waals surface area (Å²) in [6.07, 6.45) is 0.0979. The molecule has 4 amide bonds. The molecule has 0 aromatic heterocycles. The minimum Gasteiger partial charge on any atom is -0.459 e. The van der Waals surface area contributed by atoms with Crippen molar-refractivity contribution in [2.75, 3.05) is 25.5 Å². The van der Waals surface area contributed by atoms with Gasteiger partial charge >= 0.3 is 18.0 Å². The molecular formula is C26H30ClFN4O4. The Morgan fingerprint density at radius 3 is 2.56 bits per heavy atom. The zero-order chi connectivity index (χ0) is 26.4. The number of hydrogen-bond acceptors (Lipinski definition) is 4. The van der Waals surface area contributed by atoms with Crippen molar-refractivity contribution in [3.05, 3.63) is 76.2 Å². The standard InChI is InChI=1S/C26H30ClFN4O4/c1-16(2)36-24(33)22-17(3)29-26(35)32(23(22)18-7-5-8-19(27)15-18)14-6-13-31(4)25(34)30-21-11-9-20(28)10-12-21/h5,7-12,15-16,23H,6,13-14H2,1-4H3,(H,29,35)(H,30,34). The maximum atomic E-state index is 13.1. The zero-order valence-corrected chi connectivity index (χ0v) is 21.4. The summed E-state index contributed by atoms with van der Waals surface area (Å²) in [5, 5.41) is 5.93. The number of allylic oxidation sites excluding steroid dienone is 1. The third-order valence-electron chi connectivity index (χ3n) is 5.61. The van der Waals surface area contributed by atoms with Gasteiger partial charge in [0.2, 0.25) is 0 Å². The molecule has 2 N–H and O–H groups in total. The molecule has 1 heterocycles. The van der Waals surface area contributed by atoms with Crippen LogP contribution in [0.3, 0.4) is 0 Å². The molecule has 10 heteroatoms. The zero-order valence-electron chi connectivity index (χ0n) is 20.7. The third-order valence-corrected chi connectivity index (χ3v) is 5.84. The van der Waals surface area contributed by atoms with E-state index in [0.717, 1.165) is 0 Å². The first kappa shape index (κ1) is 27.0. The van der Waals surface area contributed by atoms with Crippen molar-refractivity contribution in [3.63, 3.8) is 0 Å². The van der Waals surface area contributed by atoms with Gasteiger partial charge in [-0.25, -0.2) is 18.8 Å². The van der Waals surface area contributed by atoms with Crippen molar-refractivity contribution in [1.29, 1.82) is 0 Å². The van der Waals surface area contributed by atoms with Gasteiger partial charge < -0.3 is 25.2 Å². The summed E-state index contributed by atoms with van der Waals surface area (Å²) in [5.41, 5.74) is 1.89. The second kappa shape index (κ2) is 11.9. The number of hydrogen-bond donors (Lipinski definition) is 2. The van der Waals surface area contributed by atoms with Gasteiger partial charge in [0.1, 0.15) is 5.82 Å². The summed E-state index contributed by atoms with van der Waals surface area (Å²) in [7, 11) is 1.62. The van der Waals surface area contributed by atoms with E-state index in [1.54, 1.807) is 57.0 Å².